The van der Waals surface area contributed by atoms with Crippen LogP contribution >= 0.6 is 11.3 Å². The van der Waals surface area contributed by atoms with Crippen molar-refractivity contribution in [3.8, 4) is 0 Å². The van der Waals surface area contributed by atoms with Crippen molar-refractivity contribution < 1.29 is 23.1 Å². The first-order valence-electron chi connectivity index (χ1n) is 12.4. The number of sulfonamides is 1. The number of primary sulfonamides is 1. The Kier molecular flexibility index (Phi) is 7.38. The van der Waals surface area contributed by atoms with Crippen LogP contribution in [0.25, 0.3) is 0 Å². The third-order valence-corrected chi connectivity index (χ3v) is 8.53. The molecule has 15 heteroatoms. The second-order valence-electron chi connectivity index (χ2n) is 9.38. The number of carbonyl (C=O) groups is 2. The zero-order valence-electron chi connectivity index (χ0n) is 21.2. The van der Waals surface area contributed by atoms with Crippen LogP contribution in [-0.2, 0) is 27.8 Å². The maximum Gasteiger partial charge on any atom is 0.347 e. The topological polar surface area (TPSA) is 184 Å². The molecule has 2 aliphatic heterocycles. The molecule has 1 saturated heterocycles. The summed E-state index contributed by atoms with van der Waals surface area (Å²) in [6.45, 7) is 4.05. The van der Waals surface area contributed by atoms with Crippen molar-refractivity contribution in [2.45, 2.75) is 37.6 Å². The molecule has 0 aliphatic carbocycles. The molecule has 39 heavy (non-hydrogen) atoms. The Balaban J connectivity index is 1.54. The fourth-order valence-electron chi connectivity index (χ4n) is 4.70. The van der Waals surface area contributed by atoms with Crippen molar-refractivity contribution in [2.75, 3.05) is 41.3 Å². The number of hydrogen-bond acceptors (Lipinski definition) is 11. The van der Waals surface area contributed by atoms with Crippen molar-refractivity contribution in [1.29, 1.82) is 0 Å². The fourth-order valence-corrected chi connectivity index (χ4v) is 6.01. The highest BCUT2D eigenvalue weighted by Crippen LogP contribution is 2.35. The van der Waals surface area contributed by atoms with Gasteiger partial charge in [-0.25, -0.2) is 23.3 Å². The van der Waals surface area contributed by atoms with Gasteiger partial charge in [0.25, 0.3) is 0 Å². The highest BCUT2D eigenvalue weighted by Gasteiger charge is 2.28. The lowest BCUT2D eigenvalue weighted by Gasteiger charge is -2.31. The minimum atomic E-state index is -3.79. The van der Waals surface area contributed by atoms with E-state index in [1.807, 2.05) is 4.90 Å². The summed E-state index contributed by atoms with van der Waals surface area (Å²) >= 11 is 1.00. The molecule has 1 amide bonds. The van der Waals surface area contributed by atoms with Crippen molar-refractivity contribution in [1.82, 2.24) is 20.3 Å². The molecule has 5 rings (SSSR count). The van der Waals surface area contributed by atoms with E-state index in [0.717, 1.165) is 41.7 Å². The average molecular weight is 573 g/mol. The van der Waals surface area contributed by atoms with E-state index in [1.54, 1.807) is 19.1 Å². The number of carboxylic acids is 1. The van der Waals surface area contributed by atoms with Gasteiger partial charge < -0.3 is 20.2 Å². The number of piperazine rings is 1. The molecule has 2 aliphatic rings. The van der Waals surface area contributed by atoms with E-state index in [-0.39, 0.29) is 28.2 Å². The number of benzene rings is 1. The molecular formula is C24H28N8O5S2. The van der Waals surface area contributed by atoms with E-state index in [2.05, 4.69) is 20.5 Å². The van der Waals surface area contributed by atoms with Gasteiger partial charge in [0.2, 0.25) is 21.9 Å². The van der Waals surface area contributed by atoms with Crippen molar-refractivity contribution in [3.05, 3.63) is 46.0 Å². The Morgan fingerprint density at radius 1 is 1.15 bits per heavy atom. The quantitative estimate of drug-likeness (QED) is 0.322. The summed E-state index contributed by atoms with van der Waals surface area (Å²) in [5, 5.41) is 20.9. The molecule has 0 radical (unpaired) electrons. The molecule has 13 nitrogen and oxygen atoms in total. The number of fused-ring (bicyclic) bond motifs is 1. The molecule has 3 aromatic rings. The minimum Gasteiger partial charge on any atom is -0.477 e. The summed E-state index contributed by atoms with van der Waals surface area (Å²) in [5.74, 6) is 0.455. The van der Waals surface area contributed by atoms with Crippen LogP contribution in [0.3, 0.4) is 0 Å². The van der Waals surface area contributed by atoms with Crippen LogP contribution in [-0.4, -0.2) is 66.5 Å². The summed E-state index contributed by atoms with van der Waals surface area (Å²) in [7, 11) is -3.79. The summed E-state index contributed by atoms with van der Waals surface area (Å²) < 4.78 is 23.4. The number of hydrogen-bond donors (Lipinski definition) is 4. The summed E-state index contributed by atoms with van der Waals surface area (Å²) in [4.78, 5) is 41.9. The molecular weight excluding hydrogens is 544 g/mol. The van der Waals surface area contributed by atoms with Crippen LogP contribution in [0.15, 0.2) is 29.2 Å². The second-order valence-corrected chi connectivity index (χ2v) is 11.9. The number of rotatable bonds is 7. The van der Waals surface area contributed by atoms with Crippen LogP contribution in [0, 0.1) is 6.92 Å². The predicted octanol–water partition coefficient (Wildman–Crippen LogP) is 1.61. The molecule has 0 atom stereocenters. The Hall–Kier alpha value is -3.82. The van der Waals surface area contributed by atoms with E-state index in [0.29, 0.717) is 48.6 Å². The van der Waals surface area contributed by atoms with E-state index >= 15 is 0 Å². The number of carboxylic acid groups (broad SMARTS) is 1. The van der Waals surface area contributed by atoms with Gasteiger partial charge in [0.05, 0.1) is 17.1 Å². The summed E-state index contributed by atoms with van der Waals surface area (Å²) in [6.07, 6.45) is 2.54. The average Bonchev–Trinajstić information content (AvgIpc) is 3.13. The molecule has 5 N–H and O–H groups in total. The lowest BCUT2D eigenvalue weighted by Crippen LogP contribution is -2.48. The van der Waals surface area contributed by atoms with Gasteiger partial charge in [-0.2, -0.15) is 9.97 Å². The van der Waals surface area contributed by atoms with E-state index < -0.39 is 16.0 Å². The number of aryl methyl sites for hydroxylation is 1. The molecule has 4 heterocycles. The van der Waals surface area contributed by atoms with Crippen LogP contribution in [0.4, 0.5) is 22.7 Å². The van der Waals surface area contributed by atoms with Gasteiger partial charge in [0, 0.05) is 31.7 Å². The number of carbonyl (C=O) groups excluding carboxylic acids is 1. The Morgan fingerprint density at radius 3 is 2.56 bits per heavy atom. The number of nitrogens with one attached hydrogen (secondary N) is 2. The zero-order chi connectivity index (χ0) is 27.7. The molecule has 1 fully saturated rings. The van der Waals surface area contributed by atoms with E-state index in [1.165, 1.54) is 12.1 Å². The number of nitrogens with two attached hydrogens (primary N) is 1. The minimum absolute atomic E-state index is 0.0430. The molecule has 206 valence electrons. The first kappa shape index (κ1) is 26.8. The second kappa shape index (κ2) is 10.7. The Labute approximate surface area is 229 Å². The Morgan fingerprint density at radius 2 is 1.90 bits per heavy atom. The number of nitrogens with zero attached hydrogens (tertiary/aromatic N) is 5. The molecule has 0 saturated carbocycles. The molecule has 0 spiro atoms. The van der Waals surface area contributed by atoms with Gasteiger partial charge >= 0.3 is 5.97 Å². The van der Waals surface area contributed by atoms with Gasteiger partial charge in [-0.3, -0.25) is 10.1 Å². The largest absolute Gasteiger partial charge is 0.477 e. The smallest absolute Gasteiger partial charge is 0.347 e. The number of aromatic carboxylic acids is 1. The monoisotopic (exact) mass is 572 g/mol. The zero-order valence-corrected chi connectivity index (χ0v) is 22.8. The predicted molar refractivity (Wildman–Crippen MR) is 146 cm³/mol. The molecule has 2 aromatic heterocycles. The van der Waals surface area contributed by atoms with Crippen LogP contribution in [0.5, 0.6) is 0 Å². The highest BCUT2D eigenvalue weighted by atomic mass is 32.2. The van der Waals surface area contributed by atoms with Gasteiger partial charge in [0.15, 0.2) is 5.13 Å². The first-order valence-corrected chi connectivity index (χ1v) is 14.7. The van der Waals surface area contributed by atoms with Crippen LogP contribution in [0.2, 0.25) is 0 Å². The van der Waals surface area contributed by atoms with Gasteiger partial charge in [0.1, 0.15) is 16.5 Å². The first-order chi connectivity index (χ1) is 18.6. The van der Waals surface area contributed by atoms with E-state index in [9.17, 15) is 23.1 Å². The lowest BCUT2D eigenvalue weighted by atomic mass is 10.1. The van der Waals surface area contributed by atoms with Crippen molar-refractivity contribution in [3.63, 3.8) is 0 Å². The summed E-state index contributed by atoms with van der Waals surface area (Å²) in [6, 6.07) is 6.43. The third kappa shape index (κ3) is 5.94. The van der Waals surface area contributed by atoms with Gasteiger partial charge in [-0.05, 0) is 43.9 Å². The van der Waals surface area contributed by atoms with Crippen LogP contribution < -0.4 is 25.6 Å². The number of aromatic nitrogens is 3. The molecule has 0 bridgehead atoms. The fraction of sp³-hybridized carbons (Fsp3) is 0.375. The highest BCUT2D eigenvalue weighted by molar-refractivity contribution is 7.89. The number of anilines is 4. The molecule has 1 aromatic carbocycles. The van der Waals surface area contributed by atoms with Gasteiger partial charge in [-0.15, -0.1) is 0 Å². The number of thiazole rings is 1. The SMILES string of the molecule is Cc1nc(Nc2nc(N3CCNC(=O)C3)c3c(n2)N(Cc2ccc(S(N)(=O)=O)cc2)CCCC3)sc1C(=O)O. The maximum atomic E-state index is 12.2. The molecule has 0 unspecified atom stereocenters. The third-order valence-electron chi connectivity index (χ3n) is 6.54. The van der Waals surface area contributed by atoms with Crippen molar-refractivity contribution in [2.24, 2.45) is 5.14 Å². The lowest BCUT2D eigenvalue weighted by molar-refractivity contribution is -0.120. The summed E-state index contributed by atoms with van der Waals surface area (Å²) in [5.41, 5.74) is 2.20. The van der Waals surface area contributed by atoms with E-state index in [4.69, 9.17) is 15.1 Å². The number of amides is 1. The van der Waals surface area contributed by atoms with Gasteiger partial charge in [-0.1, -0.05) is 23.5 Å². The maximum absolute atomic E-state index is 12.2. The normalized spacial score (nSPS) is 15.9. The standard InChI is InChI=1S/C24H28N8O5S2/c1-14-19(22(34)35)38-24(27-14)30-23-28-20-17(21(29-23)32-11-9-26-18(33)13-32)4-2-3-10-31(20)12-15-5-7-16(8-6-15)39(25,36)37/h5-8H,2-4,9-13H2,1H3,(H,26,33)(H,34,35)(H2,25,36,37)(H,27,28,29,30). The van der Waals surface area contributed by atoms with Crippen molar-refractivity contribution >= 4 is 56.0 Å². The van der Waals surface area contributed by atoms with Crippen LogP contribution in [0.1, 0.15) is 39.3 Å². The Bertz CT molecular complexity index is 1520.